The zero-order valence-electron chi connectivity index (χ0n) is 12.6. The Labute approximate surface area is 126 Å². The molecule has 0 aromatic heterocycles. The van der Waals surface area contributed by atoms with Crippen molar-refractivity contribution < 1.29 is 9.59 Å². The van der Waals surface area contributed by atoms with Crippen LogP contribution < -0.4 is 0 Å². The van der Waals surface area contributed by atoms with Crippen molar-refractivity contribution in [3.8, 4) is 0 Å². The molecule has 1 aliphatic rings. The summed E-state index contributed by atoms with van der Waals surface area (Å²) in [5.41, 5.74) is 1.26. The third kappa shape index (κ3) is 4.86. The first kappa shape index (κ1) is 15.5. The van der Waals surface area contributed by atoms with Gasteiger partial charge in [0.25, 0.3) is 0 Å². The molecule has 0 saturated carbocycles. The van der Waals surface area contributed by atoms with E-state index in [1.807, 2.05) is 30.1 Å². The summed E-state index contributed by atoms with van der Waals surface area (Å²) in [6.07, 6.45) is 1.39. The molecule has 5 nitrogen and oxygen atoms in total. The molecule has 1 saturated heterocycles. The fourth-order valence-electron chi connectivity index (χ4n) is 2.50. The van der Waals surface area contributed by atoms with Gasteiger partial charge in [0.15, 0.2) is 0 Å². The van der Waals surface area contributed by atoms with Crippen molar-refractivity contribution in [3.63, 3.8) is 0 Å². The number of amides is 2. The summed E-state index contributed by atoms with van der Waals surface area (Å²) in [4.78, 5) is 28.5. The standard InChI is InChI=1S/C16H23N3O2/c1-17(13-15-5-3-2-4-6-15)8-7-16(21)19-11-9-18(14-20)10-12-19/h2-6,14H,7-13H2,1H3. The first-order chi connectivity index (χ1) is 10.2. The van der Waals surface area contributed by atoms with Crippen molar-refractivity contribution in [2.45, 2.75) is 13.0 Å². The topological polar surface area (TPSA) is 43.9 Å². The second kappa shape index (κ2) is 7.78. The molecule has 1 aromatic rings. The zero-order chi connectivity index (χ0) is 15.1. The molecule has 0 bridgehead atoms. The zero-order valence-corrected chi connectivity index (χ0v) is 12.6. The lowest BCUT2D eigenvalue weighted by Gasteiger charge is -2.33. The van der Waals surface area contributed by atoms with Crippen molar-refractivity contribution in [1.29, 1.82) is 0 Å². The van der Waals surface area contributed by atoms with Crippen LogP contribution in [0.5, 0.6) is 0 Å². The number of carbonyl (C=O) groups excluding carboxylic acids is 2. The molecule has 0 unspecified atom stereocenters. The molecule has 2 amide bonds. The summed E-state index contributed by atoms with van der Waals surface area (Å²) < 4.78 is 0. The van der Waals surface area contributed by atoms with Gasteiger partial charge in [-0.15, -0.1) is 0 Å². The molecule has 1 aliphatic heterocycles. The van der Waals surface area contributed by atoms with Crippen molar-refractivity contribution in [3.05, 3.63) is 35.9 Å². The van der Waals surface area contributed by atoms with Gasteiger partial charge in [0.2, 0.25) is 12.3 Å². The molecule has 0 atom stereocenters. The molecule has 0 aliphatic carbocycles. The van der Waals surface area contributed by atoms with Crippen LogP contribution >= 0.6 is 0 Å². The van der Waals surface area contributed by atoms with Gasteiger partial charge < -0.3 is 14.7 Å². The van der Waals surface area contributed by atoms with E-state index in [9.17, 15) is 9.59 Å². The third-order valence-corrected chi connectivity index (χ3v) is 3.82. The predicted molar refractivity (Wildman–Crippen MR) is 81.6 cm³/mol. The number of rotatable bonds is 6. The smallest absolute Gasteiger partial charge is 0.223 e. The Morgan fingerprint density at radius 2 is 1.86 bits per heavy atom. The van der Waals surface area contributed by atoms with Crippen LogP contribution in [0, 0.1) is 0 Å². The Kier molecular flexibility index (Phi) is 5.75. The second-order valence-electron chi connectivity index (χ2n) is 5.50. The molecule has 1 heterocycles. The van der Waals surface area contributed by atoms with Gasteiger partial charge in [-0.2, -0.15) is 0 Å². The monoisotopic (exact) mass is 289 g/mol. The van der Waals surface area contributed by atoms with Crippen molar-refractivity contribution in [2.75, 3.05) is 39.8 Å². The van der Waals surface area contributed by atoms with Crippen LogP contribution in [0.4, 0.5) is 0 Å². The number of piperazine rings is 1. The van der Waals surface area contributed by atoms with Gasteiger partial charge in [-0.1, -0.05) is 30.3 Å². The van der Waals surface area contributed by atoms with Crippen molar-refractivity contribution in [2.24, 2.45) is 0 Å². The summed E-state index contributed by atoms with van der Waals surface area (Å²) in [7, 11) is 2.03. The molecule has 0 N–H and O–H groups in total. The third-order valence-electron chi connectivity index (χ3n) is 3.82. The number of nitrogens with zero attached hydrogens (tertiary/aromatic N) is 3. The minimum absolute atomic E-state index is 0.181. The quantitative estimate of drug-likeness (QED) is 0.728. The summed E-state index contributed by atoms with van der Waals surface area (Å²) in [5, 5.41) is 0. The van der Waals surface area contributed by atoms with Crippen molar-refractivity contribution >= 4 is 12.3 Å². The van der Waals surface area contributed by atoms with E-state index in [2.05, 4.69) is 17.0 Å². The Balaban J connectivity index is 1.70. The highest BCUT2D eigenvalue weighted by Gasteiger charge is 2.19. The molecule has 114 valence electrons. The van der Waals surface area contributed by atoms with E-state index in [1.165, 1.54) is 5.56 Å². The molecule has 0 radical (unpaired) electrons. The first-order valence-corrected chi connectivity index (χ1v) is 7.38. The minimum Gasteiger partial charge on any atom is -0.342 e. The van der Waals surface area contributed by atoms with E-state index in [1.54, 1.807) is 4.90 Å². The maximum Gasteiger partial charge on any atom is 0.223 e. The molecular weight excluding hydrogens is 266 g/mol. The second-order valence-corrected chi connectivity index (χ2v) is 5.50. The van der Waals surface area contributed by atoms with E-state index in [0.29, 0.717) is 32.6 Å². The van der Waals surface area contributed by atoms with Gasteiger partial charge in [0, 0.05) is 45.7 Å². The van der Waals surface area contributed by atoms with E-state index in [-0.39, 0.29) is 5.91 Å². The maximum atomic E-state index is 12.1. The number of benzene rings is 1. The Morgan fingerprint density at radius 3 is 2.48 bits per heavy atom. The molecule has 2 rings (SSSR count). The average Bonchev–Trinajstić information content (AvgIpc) is 2.53. The number of carbonyl (C=O) groups is 2. The number of hydrogen-bond acceptors (Lipinski definition) is 3. The molecule has 5 heteroatoms. The van der Waals surface area contributed by atoms with Crippen LogP contribution in [0.15, 0.2) is 30.3 Å². The van der Waals surface area contributed by atoms with Gasteiger partial charge in [-0.05, 0) is 12.6 Å². The summed E-state index contributed by atoms with van der Waals surface area (Å²) >= 11 is 0. The molecule has 1 fully saturated rings. The Morgan fingerprint density at radius 1 is 1.19 bits per heavy atom. The average molecular weight is 289 g/mol. The molecular formula is C16H23N3O2. The Bertz CT molecular complexity index is 456. The van der Waals surface area contributed by atoms with Gasteiger partial charge in [0.1, 0.15) is 0 Å². The molecule has 0 spiro atoms. The van der Waals surface area contributed by atoms with E-state index in [4.69, 9.17) is 0 Å². The SMILES string of the molecule is CN(CCC(=O)N1CCN(C=O)CC1)Cc1ccccc1. The highest BCUT2D eigenvalue weighted by molar-refractivity contribution is 5.76. The maximum absolute atomic E-state index is 12.1. The van der Waals surface area contributed by atoms with Crippen molar-refractivity contribution in [1.82, 2.24) is 14.7 Å². The lowest BCUT2D eigenvalue weighted by atomic mass is 10.2. The van der Waals surface area contributed by atoms with Crippen LogP contribution in [0.1, 0.15) is 12.0 Å². The minimum atomic E-state index is 0.181. The lowest BCUT2D eigenvalue weighted by molar-refractivity contribution is -0.135. The predicted octanol–water partition coefficient (Wildman–Crippen LogP) is 0.809. The number of hydrogen-bond donors (Lipinski definition) is 0. The summed E-state index contributed by atoms with van der Waals surface area (Å²) in [6, 6.07) is 10.3. The normalized spacial score (nSPS) is 15.3. The summed E-state index contributed by atoms with van der Waals surface area (Å²) in [6.45, 7) is 4.21. The summed E-state index contributed by atoms with van der Waals surface area (Å²) in [5.74, 6) is 0.181. The van der Waals surface area contributed by atoms with Gasteiger partial charge in [0.05, 0.1) is 0 Å². The lowest BCUT2D eigenvalue weighted by Crippen LogP contribution is -2.48. The van der Waals surface area contributed by atoms with Gasteiger partial charge in [-0.25, -0.2) is 0 Å². The highest BCUT2D eigenvalue weighted by atomic mass is 16.2. The van der Waals surface area contributed by atoms with Gasteiger partial charge in [-0.3, -0.25) is 9.59 Å². The first-order valence-electron chi connectivity index (χ1n) is 7.38. The van der Waals surface area contributed by atoms with Crippen LogP contribution in [0.25, 0.3) is 0 Å². The molecule has 21 heavy (non-hydrogen) atoms. The van der Waals surface area contributed by atoms with Crippen LogP contribution in [0.2, 0.25) is 0 Å². The fraction of sp³-hybridized carbons (Fsp3) is 0.500. The molecule has 1 aromatic carbocycles. The van der Waals surface area contributed by atoms with E-state index in [0.717, 1.165) is 19.5 Å². The van der Waals surface area contributed by atoms with Crippen LogP contribution in [0.3, 0.4) is 0 Å². The van der Waals surface area contributed by atoms with E-state index >= 15 is 0 Å². The van der Waals surface area contributed by atoms with E-state index < -0.39 is 0 Å². The Hall–Kier alpha value is -1.88. The van der Waals surface area contributed by atoms with Crippen LogP contribution in [-0.4, -0.2) is 66.8 Å². The van der Waals surface area contributed by atoms with Crippen LogP contribution in [-0.2, 0) is 16.1 Å². The largest absolute Gasteiger partial charge is 0.342 e. The van der Waals surface area contributed by atoms with Gasteiger partial charge >= 0.3 is 0 Å². The highest BCUT2D eigenvalue weighted by Crippen LogP contribution is 2.05. The fourth-order valence-corrected chi connectivity index (χ4v) is 2.50.